The van der Waals surface area contributed by atoms with Crippen molar-refractivity contribution in [3.8, 4) is 5.75 Å². The number of isocyanates is 1. The number of para-hydroxylation sites is 2. The van der Waals surface area contributed by atoms with Gasteiger partial charge in [-0.3, -0.25) is 0 Å². The van der Waals surface area contributed by atoms with Gasteiger partial charge in [0.05, 0.1) is 12.6 Å². The molecule has 0 radical (unpaired) electrons. The highest BCUT2D eigenvalue weighted by Crippen LogP contribution is 2.36. The van der Waals surface area contributed by atoms with E-state index in [2.05, 4.69) is 33.1 Å². The minimum absolute atomic E-state index is 0.283. The number of methoxy groups -OCH3 is 1. The maximum Gasteiger partial charge on any atom is 0.440 e. The summed E-state index contributed by atoms with van der Waals surface area (Å²) in [5.41, 5.74) is 5.40. The molecule has 7 nitrogen and oxygen atoms in total. The van der Waals surface area contributed by atoms with Gasteiger partial charge in [0.25, 0.3) is 5.69 Å². The van der Waals surface area contributed by atoms with Crippen molar-refractivity contribution < 1.29 is 18.9 Å². The Morgan fingerprint density at radius 2 is 2.00 bits per heavy atom. The lowest BCUT2D eigenvalue weighted by molar-refractivity contribution is -0.330. The van der Waals surface area contributed by atoms with Crippen molar-refractivity contribution in [2.24, 2.45) is 0 Å². The maximum atomic E-state index is 13.5. The van der Waals surface area contributed by atoms with Crippen molar-refractivity contribution in [3.63, 3.8) is 0 Å². The van der Waals surface area contributed by atoms with Crippen molar-refractivity contribution >= 4 is 40.1 Å². The van der Waals surface area contributed by atoms with E-state index in [0.29, 0.717) is 23.4 Å². The first-order chi connectivity index (χ1) is 17.1. The number of H-pyrrole nitrogens is 1. The summed E-state index contributed by atoms with van der Waals surface area (Å²) in [5, 5.41) is 0. The summed E-state index contributed by atoms with van der Waals surface area (Å²) in [7, 11) is 1.53. The molecular weight excluding hydrogens is 440 g/mol. The number of amides is 1. The molecule has 1 amide bonds. The molecule has 2 heterocycles. The first kappa shape index (κ1) is 22.6. The fraction of sp³-hybridized carbons (Fsp3) is 0.250. The minimum Gasteiger partial charge on any atom is -0.496 e. The Kier molecular flexibility index (Phi) is 6.17. The molecule has 0 aliphatic carbocycles. The van der Waals surface area contributed by atoms with Crippen LogP contribution in [0.15, 0.2) is 60.7 Å². The molecule has 0 saturated heterocycles. The van der Waals surface area contributed by atoms with Crippen molar-refractivity contribution in [2.45, 2.75) is 32.6 Å². The third-order valence-corrected chi connectivity index (χ3v) is 6.50. The number of ether oxygens (including phenoxy) is 1. The van der Waals surface area contributed by atoms with Crippen molar-refractivity contribution in [1.29, 1.82) is 0 Å². The number of nitrogens with one attached hydrogen (secondary N) is 1. The van der Waals surface area contributed by atoms with E-state index < -0.39 is 5.91 Å². The summed E-state index contributed by atoms with van der Waals surface area (Å²) >= 11 is 0. The number of benzene rings is 3. The zero-order valence-corrected chi connectivity index (χ0v) is 19.9. The topological polar surface area (TPSA) is 78.3 Å². The molecule has 4 aromatic rings. The van der Waals surface area contributed by atoms with Crippen LogP contribution in [0.2, 0.25) is 0 Å². The van der Waals surface area contributed by atoms with Gasteiger partial charge in [-0.2, -0.15) is 4.79 Å². The van der Waals surface area contributed by atoms with Gasteiger partial charge in [-0.1, -0.05) is 31.2 Å². The van der Waals surface area contributed by atoms with Crippen molar-refractivity contribution in [3.05, 3.63) is 77.6 Å². The third kappa shape index (κ3) is 4.11. The van der Waals surface area contributed by atoms with E-state index in [1.165, 1.54) is 18.4 Å². The van der Waals surface area contributed by atoms with Crippen LogP contribution in [0.25, 0.3) is 11.0 Å². The predicted molar refractivity (Wildman–Crippen MR) is 135 cm³/mol. The molecule has 35 heavy (non-hydrogen) atoms. The number of carbonyl (C=O) groups is 1. The summed E-state index contributed by atoms with van der Waals surface area (Å²) in [6.07, 6.45) is 5.75. The molecule has 0 spiro atoms. The molecule has 1 aromatic heterocycles. The van der Waals surface area contributed by atoms with Crippen LogP contribution in [-0.2, 0) is 17.6 Å². The van der Waals surface area contributed by atoms with Crippen LogP contribution in [0.5, 0.6) is 5.75 Å². The SMILES string of the molecule is CCc1nc2c([N+](=C=O)C(=O)c3ccc(N4CCCCc5ccccc54)cc3OC)cccc2[nH]1. The van der Waals surface area contributed by atoms with Gasteiger partial charge in [-0.15, -0.1) is 0 Å². The third-order valence-electron chi connectivity index (χ3n) is 6.50. The van der Waals surface area contributed by atoms with E-state index in [1.807, 2.05) is 31.2 Å². The summed E-state index contributed by atoms with van der Waals surface area (Å²) < 4.78 is 6.60. The molecule has 0 bridgehead atoms. The normalized spacial score (nSPS) is 13.1. The Morgan fingerprint density at radius 1 is 1.14 bits per heavy atom. The minimum atomic E-state index is -0.520. The molecule has 1 aliphatic rings. The first-order valence-electron chi connectivity index (χ1n) is 11.9. The van der Waals surface area contributed by atoms with E-state index in [4.69, 9.17) is 4.74 Å². The van der Waals surface area contributed by atoms with Gasteiger partial charge in [-0.05, 0) is 53.7 Å². The van der Waals surface area contributed by atoms with Gasteiger partial charge >= 0.3 is 12.0 Å². The number of hydrogen-bond acceptors (Lipinski definition) is 5. The molecule has 0 atom stereocenters. The molecule has 176 valence electrons. The highest BCUT2D eigenvalue weighted by Gasteiger charge is 2.31. The number of aryl methyl sites for hydroxylation is 2. The number of rotatable bonds is 5. The van der Waals surface area contributed by atoms with Gasteiger partial charge in [0.1, 0.15) is 17.1 Å². The quantitative estimate of drug-likeness (QED) is 0.241. The van der Waals surface area contributed by atoms with Crippen molar-refractivity contribution in [2.75, 3.05) is 18.6 Å². The van der Waals surface area contributed by atoms with Gasteiger partial charge in [0.15, 0.2) is 5.52 Å². The lowest BCUT2D eigenvalue weighted by atomic mass is 10.1. The second kappa shape index (κ2) is 9.57. The van der Waals surface area contributed by atoms with Crippen LogP contribution in [0.4, 0.5) is 17.1 Å². The molecule has 0 saturated carbocycles. The second-order valence-corrected chi connectivity index (χ2v) is 8.56. The average molecular weight is 468 g/mol. The van der Waals surface area contributed by atoms with E-state index >= 15 is 0 Å². The Hall–Kier alpha value is -4.22. The monoisotopic (exact) mass is 467 g/mol. The molecule has 1 N–H and O–H groups in total. The van der Waals surface area contributed by atoms with E-state index in [0.717, 1.165) is 47.4 Å². The Balaban J connectivity index is 1.54. The van der Waals surface area contributed by atoms with Crippen LogP contribution < -0.4 is 9.64 Å². The van der Waals surface area contributed by atoms with E-state index in [9.17, 15) is 9.59 Å². The number of nitrogens with zero attached hydrogens (tertiary/aromatic N) is 3. The zero-order valence-electron chi connectivity index (χ0n) is 19.9. The number of aromatic amines is 1. The van der Waals surface area contributed by atoms with Gasteiger partial charge in [0.2, 0.25) is 0 Å². The van der Waals surface area contributed by atoms with E-state index in [-0.39, 0.29) is 5.56 Å². The predicted octanol–water partition coefficient (Wildman–Crippen LogP) is 5.43. The summed E-state index contributed by atoms with van der Waals surface area (Å²) in [5.74, 6) is 0.663. The lowest BCUT2D eigenvalue weighted by Gasteiger charge is -2.25. The lowest BCUT2D eigenvalue weighted by Crippen LogP contribution is -2.20. The Morgan fingerprint density at radius 3 is 2.80 bits per heavy atom. The standard InChI is InChI=1S/C28H27N4O3/c1-3-26-29-22-11-8-13-24(27(22)30-26)32(18-33)28(34)21-15-14-20(17-25(21)35-2)31-16-7-6-10-19-9-4-5-12-23(19)31/h4-5,8-9,11-15,17H,3,6-7,10,16H2,1-2H3,(H,29,30)/q+1. The Bertz CT molecular complexity index is 1470. The van der Waals surface area contributed by atoms with E-state index in [1.54, 1.807) is 24.3 Å². The summed E-state index contributed by atoms with van der Waals surface area (Å²) in [6, 6.07) is 19.2. The molecular formula is C28H27N4O3+. The average Bonchev–Trinajstić information content (AvgIpc) is 3.21. The molecule has 0 fully saturated rings. The molecule has 3 aromatic carbocycles. The first-order valence-corrected chi connectivity index (χ1v) is 11.9. The number of imidazole rings is 1. The highest BCUT2D eigenvalue weighted by molar-refractivity contribution is 5.97. The zero-order chi connectivity index (χ0) is 24.4. The number of hydrogen-bond donors (Lipinski definition) is 1. The fourth-order valence-corrected chi connectivity index (χ4v) is 4.72. The second-order valence-electron chi connectivity index (χ2n) is 8.56. The van der Waals surface area contributed by atoms with Crippen LogP contribution in [0.3, 0.4) is 0 Å². The summed E-state index contributed by atoms with van der Waals surface area (Å²) in [4.78, 5) is 35.6. The Labute approximate surface area is 203 Å². The smallest absolute Gasteiger partial charge is 0.440 e. The molecule has 1 aliphatic heterocycles. The number of fused-ring (bicyclic) bond motifs is 2. The molecule has 5 rings (SSSR count). The van der Waals surface area contributed by atoms with Gasteiger partial charge in [0, 0.05) is 36.5 Å². The highest BCUT2D eigenvalue weighted by atomic mass is 16.5. The van der Waals surface area contributed by atoms with Crippen LogP contribution in [-0.4, -0.2) is 40.2 Å². The van der Waals surface area contributed by atoms with Gasteiger partial charge < -0.3 is 14.6 Å². The fourth-order valence-electron chi connectivity index (χ4n) is 4.72. The number of anilines is 2. The molecule has 7 heteroatoms. The number of carbonyl (C=O) groups excluding carboxylic acids is 2. The maximum absolute atomic E-state index is 13.5. The van der Waals surface area contributed by atoms with Crippen LogP contribution in [0.1, 0.15) is 41.5 Å². The van der Waals surface area contributed by atoms with Crippen molar-refractivity contribution in [1.82, 2.24) is 9.97 Å². The van der Waals surface area contributed by atoms with Gasteiger partial charge in [-0.25, -0.2) is 9.78 Å². The molecule has 0 unspecified atom stereocenters. The number of aromatic nitrogens is 2. The van der Waals surface area contributed by atoms with Crippen LogP contribution in [0, 0.1) is 0 Å². The summed E-state index contributed by atoms with van der Waals surface area (Å²) in [6.45, 7) is 2.86. The largest absolute Gasteiger partial charge is 0.496 e. The van der Waals surface area contributed by atoms with Crippen LogP contribution >= 0.6 is 0 Å².